The molecule has 0 unspecified atom stereocenters. The van der Waals surface area contributed by atoms with E-state index in [1.165, 1.54) is 6.08 Å². The largest absolute Gasteiger partial charge is 0.469 e. The Labute approximate surface area is 111 Å². The van der Waals surface area contributed by atoms with Crippen LogP contribution >= 0.6 is 15.6 Å². The Hall–Kier alpha value is -0.0400. The molecule has 0 fully saturated rings. The minimum absolute atomic E-state index is 0.0379. The van der Waals surface area contributed by atoms with Gasteiger partial charge in [-0.2, -0.15) is 0 Å². The number of phosphoric ester groups is 2. The van der Waals surface area contributed by atoms with Crippen LogP contribution in [0.5, 0.6) is 0 Å². The summed E-state index contributed by atoms with van der Waals surface area (Å²) in [5.41, 5.74) is 0. The van der Waals surface area contributed by atoms with Gasteiger partial charge in [-0.25, -0.2) is 9.13 Å². The summed E-state index contributed by atoms with van der Waals surface area (Å²) in [7, 11) is -8.72. The molecule has 0 aliphatic heterocycles. The molecule has 10 heteroatoms. The molecule has 0 saturated heterocycles. The number of allylic oxidation sites excluding steroid dienone is 1. The van der Waals surface area contributed by atoms with Crippen molar-refractivity contribution >= 4 is 15.6 Å². The lowest BCUT2D eigenvalue weighted by molar-refractivity contribution is 0.193. The second kappa shape index (κ2) is 9.80. The number of phosphoric acid groups is 2. The molecule has 0 heterocycles. The van der Waals surface area contributed by atoms with Gasteiger partial charge in [-0.15, -0.1) is 0 Å². The molecule has 0 radical (unpaired) electrons. The van der Waals surface area contributed by atoms with Gasteiger partial charge in [0, 0.05) is 0 Å². The third-order valence-corrected chi connectivity index (χ3v) is 3.03. The van der Waals surface area contributed by atoms with Crippen LogP contribution < -0.4 is 0 Å². The Morgan fingerprint density at radius 2 is 1.37 bits per heavy atom. The number of hydrogen-bond acceptors (Lipinski definition) is 4. The standard InChI is InChI=1S/C9H20O8P2/c10-18(11,12)16-8-6-4-2-1-3-5-7-9-17-19(13,14)15/h4,6H,1-3,5,7-9H2,(H2,10,11,12)(H2,13,14,15)/b6-4+. The Balaban J connectivity index is 3.30. The van der Waals surface area contributed by atoms with Crippen molar-refractivity contribution in [3.63, 3.8) is 0 Å². The first kappa shape index (κ1) is 19.0. The molecule has 0 aliphatic rings. The predicted molar refractivity (Wildman–Crippen MR) is 68.2 cm³/mol. The Morgan fingerprint density at radius 1 is 0.789 bits per heavy atom. The topological polar surface area (TPSA) is 134 Å². The molecule has 4 N–H and O–H groups in total. The Morgan fingerprint density at radius 3 is 1.95 bits per heavy atom. The lowest BCUT2D eigenvalue weighted by Crippen LogP contribution is -1.92. The minimum atomic E-state index is -4.38. The summed E-state index contributed by atoms with van der Waals surface area (Å²) in [5.74, 6) is 0. The monoisotopic (exact) mass is 318 g/mol. The maximum Gasteiger partial charge on any atom is 0.469 e. The molecule has 0 rings (SSSR count). The summed E-state index contributed by atoms with van der Waals surface area (Å²) in [4.78, 5) is 33.6. The van der Waals surface area contributed by atoms with E-state index in [-0.39, 0.29) is 13.2 Å². The zero-order valence-electron chi connectivity index (χ0n) is 10.4. The molecule has 19 heavy (non-hydrogen) atoms. The SMILES string of the molecule is O=P(O)(O)OC/C=C/CCCCCCOP(=O)(O)O. The average Bonchev–Trinajstić information content (AvgIpc) is 2.22. The highest BCUT2D eigenvalue weighted by Crippen LogP contribution is 2.36. The molecule has 0 saturated carbocycles. The van der Waals surface area contributed by atoms with Gasteiger partial charge in [0.05, 0.1) is 13.2 Å². The molecule has 0 aromatic rings. The lowest BCUT2D eigenvalue weighted by atomic mass is 10.1. The molecule has 0 aliphatic carbocycles. The van der Waals surface area contributed by atoms with Crippen molar-refractivity contribution in [2.75, 3.05) is 13.2 Å². The van der Waals surface area contributed by atoms with Crippen LogP contribution in [0.25, 0.3) is 0 Å². The van der Waals surface area contributed by atoms with Crippen LogP contribution in [-0.4, -0.2) is 32.8 Å². The number of hydrogen-bond donors (Lipinski definition) is 4. The van der Waals surface area contributed by atoms with E-state index in [1.807, 2.05) is 0 Å². The third-order valence-electron chi connectivity index (χ3n) is 2.03. The summed E-state index contributed by atoms with van der Waals surface area (Å²) in [5, 5.41) is 0. The highest BCUT2D eigenvalue weighted by molar-refractivity contribution is 7.46. The Kier molecular flexibility index (Phi) is 9.78. The highest BCUT2D eigenvalue weighted by Gasteiger charge is 2.12. The van der Waals surface area contributed by atoms with Gasteiger partial charge in [0.15, 0.2) is 0 Å². The number of rotatable bonds is 11. The van der Waals surface area contributed by atoms with E-state index in [1.54, 1.807) is 6.08 Å². The van der Waals surface area contributed by atoms with Gasteiger partial charge in [-0.05, 0) is 19.3 Å². The second-order valence-electron chi connectivity index (χ2n) is 3.78. The molecular formula is C9H20O8P2. The van der Waals surface area contributed by atoms with Crippen molar-refractivity contribution in [3.05, 3.63) is 12.2 Å². The number of unbranched alkanes of at least 4 members (excludes halogenated alkanes) is 4. The normalized spacial score (nSPS) is 13.3. The van der Waals surface area contributed by atoms with Crippen LogP contribution in [0.2, 0.25) is 0 Å². The van der Waals surface area contributed by atoms with E-state index < -0.39 is 15.6 Å². The van der Waals surface area contributed by atoms with Gasteiger partial charge in [0.25, 0.3) is 0 Å². The first-order valence-electron chi connectivity index (χ1n) is 5.76. The minimum Gasteiger partial charge on any atom is -0.303 e. The molecule has 114 valence electrons. The molecule has 0 aromatic carbocycles. The molecule has 0 spiro atoms. The van der Waals surface area contributed by atoms with E-state index in [4.69, 9.17) is 19.6 Å². The summed E-state index contributed by atoms with van der Waals surface area (Å²) in [6.07, 6.45) is 7.20. The van der Waals surface area contributed by atoms with E-state index in [0.29, 0.717) is 6.42 Å². The quantitative estimate of drug-likeness (QED) is 0.257. The van der Waals surface area contributed by atoms with Crippen molar-refractivity contribution in [2.45, 2.75) is 32.1 Å². The van der Waals surface area contributed by atoms with Gasteiger partial charge in [-0.1, -0.05) is 25.0 Å². The fourth-order valence-corrected chi connectivity index (χ4v) is 1.87. The average molecular weight is 318 g/mol. The van der Waals surface area contributed by atoms with E-state index in [2.05, 4.69) is 9.05 Å². The first-order chi connectivity index (χ1) is 8.71. The smallest absolute Gasteiger partial charge is 0.303 e. The van der Waals surface area contributed by atoms with Crippen LogP contribution in [0.1, 0.15) is 32.1 Å². The van der Waals surface area contributed by atoms with E-state index >= 15 is 0 Å². The third kappa shape index (κ3) is 18.0. The Bertz CT molecular complexity index is 344. The van der Waals surface area contributed by atoms with Gasteiger partial charge in [-0.3, -0.25) is 9.05 Å². The van der Waals surface area contributed by atoms with Crippen LogP contribution in [0.4, 0.5) is 0 Å². The molecule has 0 amide bonds. The van der Waals surface area contributed by atoms with E-state index in [0.717, 1.165) is 25.7 Å². The fraction of sp³-hybridized carbons (Fsp3) is 0.778. The van der Waals surface area contributed by atoms with Crippen molar-refractivity contribution in [2.24, 2.45) is 0 Å². The van der Waals surface area contributed by atoms with E-state index in [9.17, 15) is 9.13 Å². The zero-order chi connectivity index (χ0) is 14.8. The molecule has 0 bridgehead atoms. The zero-order valence-corrected chi connectivity index (χ0v) is 12.2. The van der Waals surface area contributed by atoms with Crippen molar-refractivity contribution in [3.8, 4) is 0 Å². The van der Waals surface area contributed by atoms with Crippen molar-refractivity contribution in [1.82, 2.24) is 0 Å². The van der Waals surface area contributed by atoms with Crippen LogP contribution in [0.15, 0.2) is 12.2 Å². The summed E-state index contributed by atoms with van der Waals surface area (Å²) < 4.78 is 29.1. The highest BCUT2D eigenvalue weighted by atomic mass is 31.2. The van der Waals surface area contributed by atoms with Crippen molar-refractivity contribution in [1.29, 1.82) is 0 Å². The van der Waals surface area contributed by atoms with Crippen LogP contribution in [0, 0.1) is 0 Å². The maximum atomic E-state index is 10.3. The van der Waals surface area contributed by atoms with Gasteiger partial charge in [0.2, 0.25) is 0 Å². The summed E-state index contributed by atoms with van der Waals surface area (Å²) >= 11 is 0. The van der Waals surface area contributed by atoms with Gasteiger partial charge in [0.1, 0.15) is 0 Å². The summed E-state index contributed by atoms with van der Waals surface area (Å²) in [6, 6.07) is 0. The van der Waals surface area contributed by atoms with Crippen LogP contribution in [0.3, 0.4) is 0 Å². The predicted octanol–water partition coefficient (Wildman–Crippen LogP) is 1.71. The van der Waals surface area contributed by atoms with Crippen molar-refractivity contribution < 1.29 is 37.8 Å². The first-order valence-corrected chi connectivity index (χ1v) is 8.82. The van der Waals surface area contributed by atoms with Gasteiger partial charge >= 0.3 is 15.6 Å². The summed E-state index contributed by atoms with van der Waals surface area (Å²) in [6.45, 7) is -0.0867. The van der Waals surface area contributed by atoms with Crippen LogP contribution in [-0.2, 0) is 18.2 Å². The lowest BCUT2D eigenvalue weighted by Gasteiger charge is -2.04. The molecular weight excluding hydrogens is 298 g/mol. The molecule has 0 aromatic heterocycles. The second-order valence-corrected chi connectivity index (χ2v) is 6.26. The molecule has 0 atom stereocenters. The maximum absolute atomic E-state index is 10.3. The molecule has 8 nitrogen and oxygen atoms in total. The van der Waals surface area contributed by atoms with Gasteiger partial charge < -0.3 is 19.6 Å². The fourth-order valence-electron chi connectivity index (χ4n) is 1.23.